The average molecular weight is 294 g/mol. The summed E-state index contributed by atoms with van der Waals surface area (Å²) < 4.78 is 5.17. The van der Waals surface area contributed by atoms with E-state index >= 15 is 0 Å². The van der Waals surface area contributed by atoms with Gasteiger partial charge in [-0.1, -0.05) is 12.1 Å². The fourth-order valence-electron chi connectivity index (χ4n) is 2.10. The molecule has 2 aromatic rings. The molecular formula is C13H18N4O2S. The molecule has 108 valence electrons. The van der Waals surface area contributed by atoms with Crippen molar-refractivity contribution < 1.29 is 9.32 Å². The lowest BCUT2D eigenvalue weighted by molar-refractivity contribution is -0.115. The van der Waals surface area contributed by atoms with Gasteiger partial charge >= 0.3 is 0 Å². The van der Waals surface area contributed by atoms with Crippen LogP contribution in [0.3, 0.4) is 0 Å². The largest absolute Gasteiger partial charge is 0.361 e. The average Bonchev–Trinajstić information content (AvgIpc) is 3.03. The van der Waals surface area contributed by atoms with Crippen molar-refractivity contribution in [1.82, 2.24) is 15.5 Å². The zero-order valence-corrected chi connectivity index (χ0v) is 12.6. The van der Waals surface area contributed by atoms with Crippen molar-refractivity contribution >= 4 is 22.4 Å². The van der Waals surface area contributed by atoms with Gasteiger partial charge in [0.2, 0.25) is 5.91 Å². The third-order valence-electron chi connectivity index (χ3n) is 3.03. The highest BCUT2D eigenvalue weighted by Gasteiger charge is 2.19. The minimum Gasteiger partial charge on any atom is -0.361 e. The molecule has 0 saturated carbocycles. The molecule has 20 heavy (non-hydrogen) atoms. The third kappa shape index (κ3) is 3.43. The second-order valence-electron chi connectivity index (χ2n) is 4.47. The number of thiazole rings is 1. The fourth-order valence-corrected chi connectivity index (χ4v) is 2.65. The molecular weight excluding hydrogens is 276 g/mol. The van der Waals surface area contributed by atoms with Gasteiger partial charge in [0.25, 0.3) is 0 Å². The number of nitrogens with zero attached hydrogens (tertiary/aromatic N) is 2. The lowest BCUT2D eigenvalue weighted by Crippen LogP contribution is -2.31. The summed E-state index contributed by atoms with van der Waals surface area (Å²) in [6, 6.07) is 0.0586. The number of aryl methyl sites for hydroxylation is 2. The van der Waals surface area contributed by atoms with Gasteiger partial charge in [0.05, 0.1) is 12.2 Å². The summed E-state index contributed by atoms with van der Waals surface area (Å²) in [6.45, 7) is 6.07. The molecule has 0 aromatic carbocycles. The normalized spacial score (nSPS) is 12.3. The molecule has 0 bridgehead atoms. The molecule has 2 rings (SSSR count). The van der Waals surface area contributed by atoms with Crippen LogP contribution in [0, 0.1) is 13.8 Å². The lowest BCUT2D eigenvalue weighted by atomic mass is 10.0. The molecule has 2 aromatic heterocycles. The minimum atomic E-state index is -0.106. The smallest absolute Gasteiger partial charge is 0.240 e. The Morgan fingerprint density at radius 2 is 2.30 bits per heavy atom. The van der Waals surface area contributed by atoms with Gasteiger partial charge in [-0.25, -0.2) is 4.98 Å². The second kappa shape index (κ2) is 6.62. The van der Waals surface area contributed by atoms with Crippen LogP contribution in [0.4, 0.5) is 5.13 Å². The Balaban J connectivity index is 1.93. The Kier molecular flexibility index (Phi) is 4.86. The Morgan fingerprint density at radius 3 is 2.85 bits per heavy atom. The zero-order valence-electron chi connectivity index (χ0n) is 11.8. The summed E-state index contributed by atoms with van der Waals surface area (Å²) in [7, 11) is 0. The molecule has 2 heterocycles. The predicted molar refractivity (Wildman–Crippen MR) is 77.8 cm³/mol. The summed E-state index contributed by atoms with van der Waals surface area (Å²) in [5.74, 6) is 0.687. The molecule has 2 N–H and O–H groups in total. The van der Waals surface area contributed by atoms with Gasteiger partial charge in [-0.05, 0) is 20.3 Å². The molecule has 0 aliphatic heterocycles. The highest BCUT2D eigenvalue weighted by atomic mass is 32.1. The minimum absolute atomic E-state index is 0.0586. The van der Waals surface area contributed by atoms with Crippen molar-refractivity contribution in [2.45, 2.75) is 33.2 Å². The standard InChI is InChI=1S/C13H18N4O2S/c1-4-10(12-8(2)17-19-9(12)3)15-7-11(18)16-13-14-5-6-20-13/h5-6,10,15H,4,7H2,1-3H3,(H,14,16,18). The summed E-state index contributed by atoms with van der Waals surface area (Å²) in [5.41, 5.74) is 1.90. The second-order valence-corrected chi connectivity index (χ2v) is 5.36. The maximum absolute atomic E-state index is 11.8. The Hall–Kier alpha value is -1.73. The van der Waals surface area contributed by atoms with Crippen molar-refractivity contribution in [2.24, 2.45) is 0 Å². The number of hydrogen-bond acceptors (Lipinski definition) is 6. The number of carbonyl (C=O) groups is 1. The highest BCUT2D eigenvalue weighted by molar-refractivity contribution is 7.13. The molecule has 7 heteroatoms. The summed E-state index contributed by atoms with van der Waals surface area (Å²) in [4.78, 5) is 15.8. The van der Waals surface area contributed by atoms with E-state index in [0.29, 0.717) is 5.13 Å². The molecule has 0 aliphatic carbocycles. The Morgan fingerprint density at radius 1 is 1.50 bits per heavy atom. The van der Waals surface area contributed by atoms with Crippen molar-refractivity contribution in [3.63, 3.8) is 0 Å². The zero-order chi connectivity index (χ0) is 14.5. The van der Waals surface area contributed by atoms with Crippen molar-refractivity contribution in [3.05, 3.63) is 28.6 Å². The van der Waals surface area contributed by atoms with E-state index in [1.165, 1.54) is 11.3 Å². The Labute approximate surface area is 121 Å². The molecule has 6 nitrogen and oxygen atoms in total. The number of aromatic nitrogens is 2. The maximum Gasteiger partial charge on any atom is 0.240 e. The number of hydrogen-bond donors (Lipinski definition) is 2. The first-order chi connectivity index (χ1) is 9.61. The SMILES string of the molecule is CCC(NCC(=O)Nc1nccs1)c1c(C)noc1C. The van der Waals surface area contributed by atoms with Crippen molar-refractivity contribution in [3.8, 4) is 0 Å². The number of nitrogens with one attached hydrogen (secondary N) is 2. The topological polar surface area (TPSA) is 80.0 Å². The summed E-state index contributed by atoms with van der Waals surface area (Å²) in [5, 5.41) is 12.4. The molecule has 0 aliphatic rings. The van der Waals surface area contributed by atoms with E-state index in [1.54, 1.807) is 6.20 Å². The van der Waals surface area contributed by atoms with E-state index in [9.17, 15) is 4.79 Å². The van der Waals surface area contributed by atoms with Gasteiger partial charge in [-0.15, -0.1) is 11.3 Å². The number of amides is 1. The van der Waals surface area contributed by atoms with E-state index in [4.69, 9.17) is 4.52 Å². The molecule has 1 amide bonds. The maximum atomic E-state index is 11.8. The molecule has 0 spiro atoms. The van der Waals surface area contributed by atoms with Crippen LogP contribution >= 0.6 is 11.3 Å². The number of anilines is 1. The summed E-state index contributed by atoms with van der Waals surface area (Å²) in [6.07, 6.45) is 2.51. The first kappa shape index (κ1) is 14.7. The molecule has 1 unspecified atom stereocenters. The molecule has 0 saturated heterocycles. The predicted octanol–water partition coefficient (Wildman–Crippen LogP) is 2.43. The first-order valence-electron chi connectivity index (χ1n) is 6.47. The molecule has 0 fully saturated rings. The van der Waals surface area contributed by atoms with Gasteiger partial charge in [0.15, 0.2) is 5.13 Å². The van der Waals surface area contributed by atoms with Crippen LogP contribution in [0.15, 0.2) is 16.1 Å². The van der Waals surface area contributed by atoms with Gasteiger partial charge in [-0.3, -0.25) is 4.79 Å². The van der Waals surface area contributed by atoms with Gasteiger partial charge in [0.1, 0.15) is 5.76 Å². The fraction of sp³-hybridized carbons (Fsp3) is 0.462. The van der Waals surface area contributed by atoms with Gasteiger partial charge < -0.3 is 15.2 Å². The van der Waals surface area contributed by atoms with Crippen LogP contribution < -0.4 is 10.6 Å². The summed E-state index contributed by atoms with van der Waals surface area (Å²) >= 11 is 1.40. The van der Waals surface area contributed by atoms with E-state index < -0.39 is 0 Å². The monoisotopic (exact) mass is 294 g/mol. The van der Waals surface area contributed by atoms with Crippen LogP contribution in [0.5, 0.6) is 0 Å². The lowest BCUT2D eigenvalue weighted by Gasteiger charge is -2.16. The first-order valence-corrected chi connectivity index (χ1v) is 7.35. The quantitative estimate of drug-likeness (QED) is 0.855. The number of rotatable bonds is 6. The van der Waals surface area contributed by atoms with Crippen molar-refractivity contribution in [1.29, 1.82) is 0 Å². The van der Waals surface area contributed by atoms with Crippen LogP contribution in [0.25, 0.3) is 0 Å². The number of carbonyl (C=O) groups excluding carboxylic acids is 1. The molecule has 0 radical (unpaired) electrons. The third-order valence-corrected chi connectivity index (χ3v) is 3.72. The van der Waals surface area contributed by atoms with Gasteiger partial charge in [-0.2, -0.15) is 0 Å². The highest BCUT2D eigenvalue weighted by Crippen LogP contribution is 2.23. The van der Waals surface area contributed by atoms with Crippen LogP contribution in [0.1, 0.15) is 36.4 Å². The van der Waals surface area contributed by atoms with Crippen molar-refractivity contribution in [2.75, 3.05) is 11.9 Å². The molecule has 1 atom stereocenters. The van der Waals surface area contributed by atoms with Crippen LogP contribution in [-0.2, 0) is 4.79 Å². The van der Waals surface area contributed by atoms with E-state index in [1.807, 2.05) is 19.2 Å². The van der Waals surface area contributed by atoms with Crippen LogP contribution in [-0.4, -0.2) is 22.6 Å². The van der Waals surface area contributed by atoms with Crippen LogP contribution in [0.2, 0.25) is 0 Å². The van der Waals surface area contributed by atoms with Gasteiger partial charge in [0, 0.05) is 23.2 Å². The Bertz CT molecular complexity index is 545. The van der Waals surface area contributed by atoms with E-state index in [0.717, 1.165) is 23.4 Å². The van der Waals surface area contributed by atoms with E-state index in [2.05, 4.69) is 27.7 Å². The van der Waals surface area contributed by atoms with E-state index in [-0.39, 0.29) is 18.5 Å².